The third-order valence-electron chi connectivity index (χ3n) is 5.18. The summed E-state index contributed by atoms with van der Waals surface area (Å²) >= 11 is 0. The van der Waals surface area contributed by atoms with E-state index in [-0.39, 0.29) is 5.91 Å². The molecule has 0 spiro atoms. The first kappa shape index (κ1) is 18.3. The lowest BCUT2D eigenvalue weighted by molar-refractivity contribution is 0.0682. The molecule has 0 aromatic carbocycles. The van der Waals surface area contributed by atoms with Crippen LogP contribution in [0.3, 0.4) is 0 Å². The van der Waals surface area contributed by atoms with Gasteiger partial charge in [-0.15, -0.1) is 0 Å². The second-order valence-corrected chi connectivity index (χ2v) is 7.33. The number of piperidine rings is 1. The molecule has 146 valence electrons. The van der Waals surface area contributed by atoms with Gasteiger partial charge in [0.15, 0.2) is 11.6 Å². The fourth-order valence-corrected chi connectivity index (χ4v) is 3.55. The number of aryl methyl sites for hydroxylation is 1. The van der Waals surface area contributed by atoms with Gasteiger partial charge in [0, 0.05) is 25.7 Å². The van der Waals surface area contributed by atoms with Gasteiger partial charge in [0.1, 0.15) is 0 Å². The molecule has 0 radical (unpaired) electrons. The van der Waals surface area contributed by atoms with E-state index in [0.29, 0.717) is 35.4 Å². The molecule has 0 N–H and O–H groups in total. The Morgan fingerprint density at radius 3 is 2.86 bits per heavy atom. The van der Waals surface area contributed by atoms with E-state index in [1.165, 1.54) is 6.42 Å². The summed E-state index contributed by atoms with van der Waals surface area (Å²) in [6.07, 6.45) is 6.26. The maximum absolute atomic E-state index is 12.9. The van der Waals surface area contributed by atoms with Crippen LogP contribution in [0.25, 0.3) is 17.3 Å². The van der Waals surface area contributed by atoms with Gasteiger partial charge in [-0.05, 0) is 37.8 Å². The summed E-state index contributed by atoms with van der Waals surface area (Å²) in [4.78, 5) is 23.6. The first-order valence-corrected chi connectivity index (χ1v) is 9.70. The first-order valence-electron chi connectivity index (χ1n) is 9.70. The Balaban J connectivity index is 1.56. The number of carbonyl (C=O) groups is 1. The molecule has 4 heterocycles. The van der Waals surface area contributed by atoms with Crippen molar-refractivity contribution in [2.24, 2.45) is 5.92 Å². The van der Waals surface area contributed by atoms with Crippen molar-refractivity contribution in [3.05, 3.63) is 41.6 Å². The van der Waals surface area contributed by atoms with Gasteiger partial charge in [0.2, 0.25) is 0 Å². The standard InChI is InChI=1S/C20H24N6O2/c1-4-17-23-19(28-24-17)15-7-8-18(21-10-15)26-14(3)16(11-22-26)20(27)25-9-5-6-13(2)12-25/h7-8,10-11,13H,4-6,9,12H2,1-3H3/t13-/m0/s1. The average Bonchev–Trinajstić information content (AvgIpc) is 3.34. The lowest BCUT2D eigenvalue weighted by Gasteiger charge is -2.30. The molecule has 1 atom stereocenters. The number of amides is 1. The number of rotatable bonds is 4. The van der Waals surface area contributed by atoms with Crippen molar-refractivity contribution in [1.82, 2.24) is 29.8 Å². The van der Waals surface area contributed by atoms with Crippen molar-refractivity contribution in [3.63, 3.8) is 0 Å². The number of likely N-dealkylation sites (tertiary alicyclic amines) is 1. The minimum Gasteiger partial charge on any atom is -0.338 e. The van der Waals surface area contributed by atoms with Gasteiger partial charge in [0.25, 0.3) is 11.8 Å². The quantitative estimate of drug-likeness (QED) is 0.691. The van der Waals surface area contributed by atoms with Crippen LogP contribution in [0.2, 0.25) is 0 Å². The molecule has 8 nitrogen and oxygen atoms in total. The number of aromatic nitrogens is 5. The molecule has 1 amide bonds. The Morgan fingerprint density at radius 2 is 2.18 bits per heavy atom. The summed E-state index contributed by atoms with van der Waals surface area (Å²) in [5, 5.41) is 8.30. The predicted molar refractivity (Wildman–Crippen MR) is 103 cm³/mol. The smallest absolute Gasteiger partial charge is 0.259 e. The first-order chi connectivity index (χ1) is 13.6. The molecule has 3 aromatic rings. The normalized spacial score (nSPS) is 17.1. The van der Waals surface area contributed by atoms with Crippen LogP contribution in [-0.2, 0) is 6.42 Å². The highest BCUT2D eigenvalue weighted by Gasteiger charge is 2.25. The van der Waals surface area contributed by atoms with Gasteiger partial charge in [-0.3, -0.25) is 4.79 Å². The van der Waals surface area contributed by atoms with Crippen molar-refractivity contribution < 1.29 is 9.32 Å². The molecule has 1 aliphatic heterocycles. The molecule has 1 saturated heterocycles. The Labute approximate surface area is 163 Å². The molecule has 1 aliphatic rings. The van der Waals surface area contributed by atoms with E-state index in [4.69, 9.17) is 4.52 Å². The highest BCUT2D eigenvalue weighted by Crippen LogP contribution is 2.22. The summed E-state index contributed by atoms with van der Waals surface area (Å²) in [7, 11) is 0. The van der Waals surface area contributed by atoms with E-state index in [2.05, 4.69) is 27.1 Å². The Hall–Kier alpha value is -3.03. The maximum Gasteiger partial charge on any atom is 0.259 e. The minimum absolute atomic E-state index is 0.0462. The second kappa shape index (κ2) is 7.53. The van der Waals surface area contributed by atoms with E-state index in [1.807, 2.05) is 30.9 Å². The fourth-order valence-electron chi connectivity index (χ4n) is 3.55. The van der Waals surface area contributed by atoms with Crippen LogP contribution in [0.4, 0.5) is 0 Å². The molecule has 1 fully saturated rings. The summed E-state index contributed by atoms with van der Waals surface area (Å²) in [5.41, 5.74) is 2.17. The zero-order valence-electron chi connectivity index (χ0n) is 16.4. The number of hydrogen-bond donors (Lipinski definition) is 0. The van der Waals surface area contributed by atoms with Crippen LogP contribution >= 0.6 is 0 Å². The summed E-state index contributed by atoms with van der Waals surface area (Å²) in [5.74, 6) is 2.34. The van der Waals surface area contributed by atoms with Gasteiger partial charge in [-0.2, -0.15) is 10.1 Å². The van der Waals surface area contributed by atoms with E-state index in [1.54, 1.807) is 17.1 Å². The van der Waals surface area contributed by atoms with Crippen LogP contribution < -0.4 is 0 Å². The molecule has 3 aromatic heterocycles. The van der Waals surface area contributed by atoms with Gasteiger partial charge in [-0.1, -0.05) is 19.0 Å². The molecular formula is C20H24N6O2. The van der Waals surface area contributed by atoms with Gasteiger partial charge in [0.05, 0.1) is 23.0 Å². The molecule has 0 aliphatic carbocycles. The van der Waals surface area contributed by atoms with Crippen LogP contribution in [0.15, 0.2) is 29.0 Å². The monoisotopic (exact) mass is 380 g/mol. The molecule has 0 bridgehead atoms. The summed E-state index contributed by atoms with van der Waals surface area (Å²) < 4.78 is 6.94. The van der Waals surface area contributed by atoms with Crippen molar-refractivity contribution in [1.29, 1.82) is 0 Å². The number of pyridine rings is 1. The maximum atomic E-state index is 12.9. The highest BCUT2D eigenvalue weighted by molar-refractivity contribution is 5.95. The van der Waals surface area contributed by atoms with Gasteiger partial charge >= 0.3 is 0 Å². The van der Waals surface area contributed by atoms with Crippen LogP contribution in [0.5, 0.6) is 0 Å². The molecule has 28 heavy (non-hydrogen) atoms. The van der Waals surface area contributed by atoms with Crippen molar-refractivity contribution in [3.8, 4) is 17.3 Å². The second-order valence-electron chi connectivity index (χ2n) is 7.33. The minimum atomic E-state index is 0.0462. The molecule has 8 heteroatoms. The number of nitrogens with zero attached hydrogens (tertiary/aromatic N) is 6. The summed E-state index contributed by atoms with van der Waals surface area (Å²) in [6, 6.07) is 3.70. The fraction of sp³-hybridized carbons (Fsp3) is 0.450. The Kier molecular flexibility index (Phi) is 4.93. The van der Waals surface area contributed by atoms with Crippen LogP contribution in [-0.4, -0.2) is 48.8 Å². The lowest BCUT2D eigenvalue weighted by Crippen LogP contribution is -2.39. The molecule has 0 saturated carbocycles. The summed E-state index contributed by atoms with van der Waals surface area (Å²) in [6.45, 7) is 7.67. The lowest BCUT2D eigenvalue weighted by atomic mass is 9.99. The average molecular weight is 380 g/mol. The Morgan fingerprint density at radius 1 is 1.32 bits per heavy atom. The van der Waals surface area contributed by atoms with E-state index < -0.39 is 0 Å². The van der Waals surface area contributed by atoms with Crippen molar-refractivity contribution >= 4 is 5.91 Å². The van der Waals surface area contributed by atoms with Crippen LogP contribution in [0.1, 0.15) is 48.6 Å². The van der Waals surface area contributed by atoms with Crippen molar-refractivity contribution in [2.45, 2.75) is 40.0 Å². The molecule has 4 rings (SSSR count). The molecule has 0 unspecified atom stereocenters. The zero-order valence-corrected chi connectivity index (χ0v) is 16.4. The van der Waals surface area contributed by atoms with Gasteiger partial charge in [-0.25, -0.2) is 9.67 Å². The van der Waals surface area contributed by atoms with Gasteiger partial charge < -0.3 is 9.42 Å². The number of carbonyl (C=O) groups excluding carboxylic acids is 1. The van der Waals surface area contributed by atoms with Crippen LogP contribution in [0, 0.1) is 12.8 Å². The third-order valence-corrected chi connectivity index (χ3v) is 5.18. The van der Waals surface area contributed by atoms with Crippen molar-refractivity contribution in [2.75, 3.05) is 13.1 Å². The molecular weight excluding hydrogens is 356 g/mol. The SMILES string of the molecule is CCc1noc(-c2ccc(-n3ncc(C(=O)N4CCC[C@H](C)C4)c3C)nc2)n1. The van der Waals surface area contributed by atoms with E-state index in [0.717, 1.165) is 30.8 Å². The number of hydrogen-bond acceptors (Lipinski definition) is 6. The Bertz CT molecular complexity index is 975. The van der Waals surface area contributed by atoms with E-state index in [9.17, 15) is 4.79 Å². The highest BCUT2D eigenvalue weighted by atomic mass is 16.5. The topological polar surface area (TPSA) is 89.9 Å². The zero-order chi connectivity index (χ0) is 19.7. The predicted octanol–water partition coefficient (Wildman–Crippen LogP) is 3.06. The van der Waals surface area contributed by atoms with E-state index >= 15 is 0 Å². The largest absolute Gasteiger partial charge is 0.338 e. The third kappa shape index (κ3) is 3.42.